The van der Waals surface area contributed by atoms with Crippen molar-refractivity contribution in [2.45, 2.75) is 25.7 Å². The minimum absolute atomic E-state index is 0.0891. The summed E-state index contributed by atoms with van der Waals surface area (Å²) in [5, 5.41) is 4.75. The number of aryl methyl sites for hydroxylation is 1. The van der Waals surface area contributed by atoms with Gasteiger partial charge in [-0.05, 0) is 49.6 Å². The van der Waals surface area contributed by atoms with Crippen LogP contribution in [0.4, 0.5) is 0 Å². The zero-order valence-corrected chi connectivity index (χ0v) is 18.1. The second-order valence-corrected chi connectivity index (χ2v) is 8.06. The van der Waals surface area contributed by atoms with Gasteiger partial charge in [-0.25, -0.2) is 14.5 Å². The topological polar surface area (TPSA) is 85.5 Å². The molecule has 1 atom stereocenters. The molecule has 1 aliphatic heterocycles. The number of likely N-dealkylation sites (tertiary alicyclic amines) is 1. The molecule has 32 heavy (non-hydrogen) atoms. The molecule has 5 rings (SSSR count). The summed E-state index contributed by atoms with van der Waals surface area (Å²) in [4.78, 5) is 27.9. The number of nitrogens with zero attached hydrogens (tertiary/aromatic N) is 6. The Hall–Kier alpha value is -3.81. The highest BCUT2D eigenvalue weighted by Gasteiger charge is 2.28. The molecule has 3 aromatic heterocycles. The van der Waals surface area contributed by atoms with Crippen molar-refractivity contribution in [2.75, 3.05) is 20.2 Å². The molecule has 0 aliphatic carbocycles. The van der Waals surface area contributed by atoms with Gasteiger partial charge in [0.15, 0.2) is 11.5 Å². The molecule has 162 valence electrons. The van der Waals surface area contributed by atoms with Gasteiger partial charge in [0.1, 0.15) is 11.4 Å². The van der Waals surface area contributed by atoms with Gasteiger partial charge >= 0.3 is 0 Å². The summed E-state index contributed by atoms with van der Waals surface area (Å²) in [5.74, 6) is 1.57. The second kappa shape index (κ2) is 8.37. The maximum absolute atomic E-state index is 12.9. The number of piperidine rings is 1. The number of amides is 1. The number of hydrogen-bond donors (Lipinski definition) is 0. The predicted molar refractivity (Wildman–Crippen MR) is 120 cm³/mol. The Morgan fingerprint density at radius 2 is 2.03 bits per heavy atom. The third-order valence-electron chi connectivity index (χ3n) is 5.82. The fraction of sp³-hybridized carbons (Fsp3) is 0.292. The normalized spacial score (nSPS) is 16.3. The van der Waals surface area contributed by atoms with Crippen molar-refractivity contribution in [1.82, 2.24) is 29.5 Å². The lowest BCUT2D eigenvalue weighted by atomic mass is 9.97. The molecular weight excluding hydrogens is 404 g/mol. The fourth-order valence-corrected chi connectivity index (χ4v) is 4.08. The van der Waals surface area contributed by atoms with Gasteiger partial charge in [0.25, 0.3) is 5.91 Å². The Kier molecular flexibility index (Phi) is 5.26. The number of aromatic nitrogens is 5. The van der Waals surface area contributed by atoms with Gasteiger partial charge in [0.2, 0.25) is 0 Å². The summed E-state index contributed by atoms with van der Waals surface area (Å²) in [6.45, 7) is 3.14. The minimum atomic E-state index is -0.0914. The standard InChI is InChI=1S/C24H24N6O2/c1-16-12-26-21(13-25-16)24(31)29-10-4-6-19(14-29)23-27-22-9-8-18(15-30(22)28-23)17-5-3-7-20(11-17)32-2/h3,5,7-9,11-13,15,19H,4,6,10,14H2,1-2H3. The average molecular weight is 428 g/mol. The SMILES string of the molecule is COc1cccc(-c2ccc3nc(C4CCCN(C(=O)c5cnc(C)cn5)C4)nn3c2)c1. The molecule has 4 heterocycles. The summed E-state index contributed by atoms with van der Waals surface area (Å²) in [6, 6.07) is 11.9. The third-order valence-corrected chi connectivity index (χ3v) is 5.82. The fourth-order valence-electron chi connectivity index (χ4n) is 4.08. The third kappa shape index (κ3) is 3.91. The van der Waals surface area contributed by atoms with Gasteiger partial charge in [0.05, 0.1) is 19.0 Å². The van der Waals surface area contributed by atoms with E-state index in [9.17, 15) is 4.79 Å². The lowest BCUT2D eigenvalue weighted by Crippen LogP contribution is -2.39. The van der Waals surface area contributed by atoms with Crippen LogP contribution in [-0.2, 0) is 0 Å². The lowest BCUT2D eigenvalue weighted by molar-refractivity contribution is 0.0698. The molecule has 1 saturated heterocycles. The van der Waals surface area contributed by atoms with E-state index >= 15 is 0 Å². The summed E-state index contributed by atoms with van der Waals surface area (Å²) in [7, 11) is 1.66. The molecule has 1 aliphatic rings. The first-order valence-electron chi connectivity index (χ1n) is 10.7. The van der Waals surface area contributed by atoms with Crippen molar-refractivity contribution >= 4 is 11.6 Å². The predicted octanol–water partition coefficient (Wildman–Crippen LogP) is 3.52. The Morgan fingerprint density at radius 1 is 1.12 bits per heavy atom. The molecule has 0 radical (unpaired) electrons. The summed E-state index contributed by atoms with van der Waals surface area (Å²) >= 11 is 0. The van der Waals surface area contributed by atoms with Crippen LogP contribution in [0.25, 0.3) is 16.8 Å². The molecule has 0 spiro atoms. The first-order valence-corrected chi connectivity index (χ1v) is 10.7. The van der Waals surface area contributed by atoms with Gasteiger partial charge in [-0.2, -0.15) is 5.10 Å². The van der Waals surface area contributed by atoms with E-state index in [1.54, 1.807) is 19.5 Å². The molecular formula is C24H24N6O2. The van der Waals surface area contributed by atoms with Crippen LogP contribution in [0.2, 0.25) is 0 Å². The Labute approximate surface area is 185 Å². The quantitative estimate of drug-likeness (QED) is 0.494. The maximum atomic E-state index is 12.9. The summed E-state index contributed by atoms with van der Waals surface area (Å²) in [6.07, 6.45) is 7.00. The highest BCUT2D eigenvalue weighted by atomic mass is 16.5. The largest absolute Gasteiger partial charge is 0.497 e. The van der Waals surface area contributed by atoms with E-state index in [1.165, 1.54) is 0 Å². The van der Waals surface area contributed by atoms with Crippen molar-refractivity contribution in [3.05, 3.63) is 72.2 Å². The minimum Gasteiger partial charge on any atom is -0.497 e. The molecule has 0 saturated carbocycles. The molecule has 1 fully saturated rings. The van der Waals surface area contributed by atoms with Gasteiger partial charge in [-0.3, -0.25) is 9.78 Å². The number of carbonyl (C=O) groups excluding carboxylic acids is 1. The number of ether oxygens (including phenoxy) is 1. The Balaban J connectivity index is 1.38. The Bertz CT molecular complexity index is 1270. The van der Waals surface area contributed by atoms with Crippen LogP contribution in [0.5, 0.6) is 5.75 Å². The highest BCUT2D eigenvalue weighted by molar-refractivity contribution is 5.92. The van der Waals surface area contributed by atoms with E-state index < -0.39 is 0 Å². The molecule has 1 unspecified atom stereocenters. The van der Waals surface area contributed by atoms with E-state index in [0.717, 1.165) is 46.9 Å². The molecule has 0 bridgehead atoms. The number of hydrogen-bond acceptors (Lipinski definition) is 6. The number of fused-ring (bicyclic) bond motifs is 1. The number of carbonyl (C=O) groups is 1. The molecule has 8 heteroatoms. The average Bonchev–Trinajstić information content (AvgIpc) is 3.28. The van der Waals surface area contributed by atoms with Crippen LogP contribution in [0, 0.1) is 6.92 Å². The van der Waals surface area contributed by atoms with Crippen LogP contribution < -0.4 is 4.74 Å². The van der Waals surface area contributed by atoms with E-state index in [2.05, 4.69) is 9.97 Å². The van der Waals surface area contributed by atoms with Crippen LogP contribution in [0.15, 0.2) is 55.0 Å². The van der Waals surface area contributed by atoms with Gasteiger partial charge < -0.3 is 9.64 Å². The van der Waals surface area contributed by atoms with Crippen LogP contribution >= 0.6 is 0 Å². The van der Waals surface area contributed by atoms with Crippen LogP contribution in [0.1, 0.15) is 40.8 Å². The van der Waals surface area contributed by atoms with Crippen LogP contribution in [0.3, 0.4) is 0 Å². The van der Waals surface area contributed by atoms with Gasteiger partial charge in [0, 0.05) is 37.0 Å². The smallest absolute Gasteiger partial charge is 0.274 e. The zero-order chi connectivity index (χ0) is 22.1. The first-order chi connectivity index (χ1) is 15.6. The second-order valence-electron chi connectivity index (χ2n) is 8.06. The van der Waals surface area contributed by atoms with Crippen molar-refractivity contribution in [3.8, 4) is 16.9 Å². The van der Waals surface area contributed by atoms with Gasteiger partial charge in [-0.1, -0.05) is 12.1 Å². The molecule has 4 aromatic rings. The maximum Gasteiger partial charge on any atom is 0.274 e. The monoisotopic (exact) mass is 428 g/mol. The number of benzene rings is 1. The molecule has 1 amide bonds. The van der Waals surface area contributed by atoms with Gasteiger partial charge in [-0.15, -0.1) is 0 Å². The molecule has 1 aromatic carbocycles. The van der Waals surface area contributed by atoms with Crippen LogP contribution in [-0.4, -0.2) is 55.6 Å². The summed E-state index contributed by atoms with van der Waals surface area (Å²) in [5.41, 5.74) is 4.05. The number of methoxy groups -OCH3 is 1. The Morgan fingerprint density at radius 3 is 2.84 bits per heavy atom. The highest BCUT2D eigenvalue weighted by Crippen LogP contribution is 2.28. The van der Waals surface area contributed by atoms with Crippen molar-refractivity contribution in [3.63, 3.8) is 0 Å². The summed E-state index contributed by atoms with van der Waals surface area (Å²) < 4.78 is 7.15. The first kappa shape index (κ1) is 20.1. The van der Waals surface area contributed by atoms with E-state index in [-0.39, 0.29) is 11.8 Å². The van der Waals surface area contributed by atoms with E-state index in [1.807, 2.05) is 58.9 Å². The van der Waals surface area contributed by atoms with Crippen molar-refractivity contribution < 1.29 is 9.53 Å². The number of pyridine rings is 1. The van der Waals surface area contributed by atoms with E-state index in [4.69, 9.17) is 14.8 Å². The number of rotatable bonds is 4. The van der Waals surface area contributed by atoms with Crippen molar-refractivity contribution in [1.29, 1.82) is 0 Å². The lowest BCUT2D eigenvalue weighted by Gasteiger charge is -2.31. The van der Waals surface area contributed by atoms with E-state index in [0.29, 0.717) is 18.8 Å². The molecule has 0 N–H and O–H groups in total. The van der Waals surface area contributed by atoms with Crippen molar-refractivity contribution in [2.24, 2.45) is 0 Å². The molecule has 8 nitrogen and oxygen atoms in total. The zero-order valence-electron chi connectivity index (χ0n) is 18.1.